The second kappa shape index (κ2) is 6.89. The Morgan fingerprint density at radius 2 is 1.88 bits per heavy atom. The van der Waals surface area contributed by atoms with Crippen LogP contribution in [0.1, 0.15) is 21.8 Å². The number of sulfonamides is 1. The fraction of sp³-hybridized carbons (Fsp3) is 0.375. The zero-order valence-electron chi connectivity index (χ0n) is 13.9. The average Bonchev–Trinajstić information content (AvgIpc) is 2.93. The first kappa shape index (κ1) is 18.1. The van der Waals surface area contributed by atoms with E-state index in [0.717, 1.165) is 0 Å². The summed E-state index contributed by atoms with van der Waals surface area (Å²) in [6, 6.07) is 6.62. The maximum absolute atomic E-state index is 12.7. The molecule has 1 aromatic heterocycles. The summed E-state index contributed by atoms with van der Waals surface area (Å²) in [5, 5.41) is 3.80. The average molecular weight is 428 g/mol. The Labute approximate surface area is 154 Å². The van der Waals surface area contributed by atoms with Crippen molar-refractivity contribution in [1.82, 2.24) is 14.4 Å². The normalized spacial score (nSPS) is 16.2. The molecule has 1 aromatic carbocycles. The van der Waals surface area contributed by atoms with Gasteiger partial charge in [-0.05, 0) is 32.0 Å². The molecule has 0 N–H and O–H groups in total. The summed E-state index contributed by atoms with van der Waals surface area (Å²) in [5.41, 5.74) is 1.01. The molecule has 3 rings (SSSR count). The van der Waals surface area contributed by atoms with Crippen LogP contribution >= 0.6 is 15.9 Å². The molecule has 0 radical (unpaired) electrons. The van der Waals surface area contributed by atoms with Gasteiger partial charge in [0.25, 0.3) is 5.91 Å². The molecule has 0 saturated carbocycles. The molecule has 7 nitrogen and oxygen atoms in total. The molecule has 0 unspecified atom stereocenters. The van der Waals surface area contributed by atoms with E-state index in [2.05, 4.69) is 21.1 Å². The lowest BCUT2D eigenvalue weighted by Crippen LogP contribution is -2.50. The summed E-state index contributed by atoms with van der Waals surface area (Å²) in [6.45, 7) is 4.58. The number of rotatable bonds is 3. The molecule has 2 heterocycles. The fourth-order valence-corrected chi connectivity index (χ4v) is 4.87. The molecule has 1 saturated heterocycles. The van der Waals surface area contributed by atoms with Crippen LogP contribution in [0.25, 0.3) is 0 Å². The van der Waals surface area contributed by atoms with Gasteiger partial charge in [0, 0.05) is 30.7 Å². The zero-order chi connectivity index (χ0) is 18.2. The SMILES string of the molecule is Cc1noc(C)c1C(=O)N1CCN(S(=O)(=O)c2cccc(Br)c2)CC1. The molecule has 134 valence electrons. The summed E-state index contributed by atoms with van der Waals surface area (Å²) < 4.78 is 32.6. The molecule has 0 aliphatic carbocycles. The lowest BCUT2D eigenvalue weighted by molar-refractivity contribution is 0.0695. The predicted molar refractivity (Wildman–Crippen MR) is 94.8 cm³/mol. The Morgan fingerprint density at radius 3 is 2.44 bits per heavy atom. The van der Waals surface area contributed by atoms with Gasteiger partial charge in [-0.15, -0.1) is 0 Å². The fourth-order valence-electron chi connectivity index (χ4n) is 2.85. The molecule has 0 spiro atoms. The lowest BCUT2D eigenvalue weighted by atomic mass is 10.1. The minimum absolute atomic E-state index is 0.171. The Bertz CT molecular complexity index is 882. The monoisotopic (exact) mass is 427 g/mol. The third-order valence-corrected chi connectivity index (χ3v) is 6.59. The van der Waals surface area contributed by atoms with Crippen LogP contribution in [0.15, 0.2) is 38.2 Å². The third-order valence-electron chi connectivity index (χ3n) is 4.21. The second-order valence-corrected chi connectivity index (χ2v) is 8.71. The highest BCUT2D eigenvalue weighted by Crippen LogP contribution is 2.22. The third kappa shape index (κ3) is 3.49. The molecule has 1 aliphatic heterocycles. The van der Waals surface area contributed by atoms with Crippen molar-refractivity contribution in [2.45, 2.75) is 18.7 Å². The Kier molecular flexibility index (Phi) is 4.99. The van der Waals surface area contributed by atoms with Crippen molar-refractivity contribution in [2.75, 3.05) is 26.2 Å². The van der Waals surface area contributed by atoms with Crippen LogP contribution in [0.5, 0.6) is 0 Å². The van der Waals surface area contributed by atoms with Gasteiger partial charge >= 0.3 is 0 Å². The van der Waals surface area contributed by atoms with Crippen LogP contribution in [-0.2, 0) is 10.0 Å². The standard InChI is InChI=1S/C16H18BrN3O4S/c1-11-15(12(2)24-18-11)16(21)19-6-8-20(9-7-19)25(22,23)14-5-3-4-13(17)10-14/h3-5,10H,6-9H2,1-2H3. The number of aromatic nitrogens is 1. The summed E-state index contributed by atoms with van der Waals surface area (Å²) in [7, 11) is -3.57. The molecule has 0 atom stereocenters. The smallest absolute Gasteiger partial charge is 0.259 e. The minimum atomic E-state index is -3.57. The maximum atomic E-state index is 12.7. The first-order valence-electron chi connectivity index (χ1n) is 7.78. The summed E-state index contributed by atoms with van der Waals surface area (Å²) in [4.78, 5) is 14.5. The van der Waals surface area contributed by atoms with Gasteiger partial charge in [0.05, 0.1) is 10.6 Å². The van der Waals surface area contributed by atoms with Gasteiger partial charge in [-0.2, -0.15) is 4.31 Å². The molecule has 2 aromatic rings. The first-order valence-corrected chi connectivity index (χ1v) is 10.0. The highest BCUT2D eigenvalue weighted by molar-refractivity contribution is 9.10. The summed E-state index contributed by atoms with van der Waals surface area (Å²) in [5.74, 6) is 0.308. The van der Waals surface area contributed by atoms with E-state index in [1.54, 1.807) is 43.0 Å². The van der Waals surface area contributed by atoms with Crippen LogP contribution in [0.3, 0.4) is 0 Å². The summed E-state index contributed by atoms with van der Waals surface area (Å²) in [6.07, 6.45) is 0. The van der Waals surface area contributed by atoms with Gasteiger partial charge in [0.1, 0.15) is 11.3 Å². The molecular formula is C16H18BrN3O4S. The minimum Gasteiger partial charge on any atom is -0.361 e. The number of carbonyl (C=O) groups excluding carboxylic acids is 1. The quantitative estimate of drug-likeness (QED) is 0.749. The number of carbonyl (C=O) groups is 1. The Hall–Kier alpha value is -1.71. The highest BCUT2D eigenvalue weighted by Gasteiger charge is 2.32. The van der Waals surface area contributed by atoms with Gasteiger partial charge in [-0.25, -0.2) is 8.42 Å². The second-order valence-electron chi connectivity index (χ2n) is 5.85. The van der Waals surface area contributed by atoms with Crippen molar-refractivity contribution in [2.24, 2.45) is 0 Å². The largest absolute Gasteiger partial charge is 0.361 e. The van der Waals surface area contributed by atoms with Crippen molar-refractivity contribution < 1.29 is 17.7 Å². The number of hydrogen-bond donors (Lipinski definition) is 0. The highest BCUT2D eigenvalue weighted by atomic mass is 79.9. The number of aryl methyl sites for hydroxylation is 2. The molecule has 9 heteroatoms. The lowest BCUT2D eigenvalue weighted by Gasteiger charge is -2.34. The van der Waals surface area contributed by atoms with Crippen LogP contribution < -0.4 is 0 Å². The Balaban J connectivity index is 1.73. The van der Waals surface area contributed by atoms with Crippen molar-refractivity contribution in [3.05, 3.63) is 45.8 Å². The molecule has 1 aliphatic rings. The van der Waals surface area contributed by atoms with Gasteiger partial charge in [-0.3, -0.25) is 4.79 Å². The number of amides is 1. The van der Waals surface area contributed by atoms with E-state index in [0.29, 0.717) is 34.6 Å². The van der Waals surface area contributed by atoms with Crippen molar-refractivity contribution in [3.8, 4) is 0 Å². The van der Waals surface area contributed by atoms with E-state index in [1.807, 2.05) is 0 Å². The zero-order valence-corrected chi connectivity index (χ0v) is 16.3. The molecule has 25 heavy (non-hydrogen) atoms. The molecule has 0 bridgehead atoms. The van der Waals surface area contributed by atoms with E-state index >= 15 is 0 Å². The number of benzene rings is 1. The van der Waals surface area contributed by atoms with Gasteiger partial charge in [0.2, 0.25) is 10.0 Å². The van der Waals surface area contributed by atoms with Gasteiger partial charge in [-0.1, -0.05) is 27.2 Å². The van der Waals surface area contributed by atoms with E-state index in [1.165, 1.54) is 4.31 Å². The molecular weight excluding hydrogens is 410 g/mol. The predicted octanol–water partition coefficient (Wildman–Crippen LogP) is 2.20. The van der Waals surface area contributed by atoms with E-state index in [4.69, 9.17) is 4.52 Å². The van der Waals surface area contributed by atoms with Gasteiger partial charge in [0.15, 0.2) is 0 Å². The van der Waals surface area contributed by atoms with E-state index < -0.39 is 10.0 Å². The number of piperazine rings is 1. The van der Waals surface area contributed by atoms with Crippen LogP contribution in [0.4, 0.5) is 0 Å². The summed E-state index contributed by atoms with van der Waals surface area (Å²) >= 11 is 3.29. The maximum Gasteiger partial charge on any atom is 0.259 e. The number of nitrogens with zero attached hydrogens (tertiary/aromatic N) is 3. The van der Waals surface area contributed by atoms with E-state index in [9.17, 15) is 13.2 Å². The van der Waals surface area contributed by atoms with Crippen LogP contribution in [-0.4, -0.2) is 54.9 Å². The van der Waals surface area contributed by atoms with Crippen LogP contribution in [0.2, 0.25) is 0 Å². The number of halogens is 1. The van der Waals surface area contributed by atoms with Gasteiger partial charge < -0.3 is 9.42 Å². The van der Waals surface area contributed by atoms with E-state index in [-0.39, 0.29) is 23.9 Å². The van der Waals surface area contributed by atoms with Crippen molar-refractivity contribution in [3.63, 3.8) is 0 Å². The topological polar surface area (TPSA) is 83.7 Å². The Morgan fingerprint density at radius 1 is 1.20 bits per heavy atom. The van der Waals surface area contributed by atoms with Crippen molar-refractivity contribution in [1.29, 1.82) is 0 Å². The molecule has 1 amide bonds. The van der Waals surface area contributed by atoms with Crippen molar-refractivity contribution >= 4 is 31.9 Å². The molecule has 1 fully saturated rings. The number of hydrogen-bond acceptors (Lipinski definition) is 5. The first-order chi connectivity index (χ1) is 11.8. The van der Waals surface area contributed by atoms with Crippen LogP contribution in [0, 0.1) is 13.8 Å².